The predicted octanol–water partition coefficient (Wildman–Crippen LogP) is 2.61. The van der Waals surface area contributed by atoms with Crippen molar-refractivity contribution in [2.24, 2.45) is 5.92 Å². The lowest BCUT2D eigenvalue weighted by Crippen LogP contribution is -1.93. The van der Waals surface area contributed by atoms with Gasteiger partial charge in [0.2, 0.25) is 0 Å². The van der Waals surface area contributed by atoms with Crippen molar-refractivity contribution in [2.45, 2.75) is 20.3 Å². The van der Waals surface area contributed by atoms with E-state index in [2.05, 4.69) is 18.8 Å². The molecule has 14 heavy (non-hydrogen) atoms. The molecule has 2 N–H and O–H groups in total. The monoisotopic (exact) mass is 190 g/mol. The third kappa shape index (κ3) is 1.71. The maximum Gasteiger partial charge on any atom is 0.195 e. The van der Waals surface area contributed by atoms with E-state index in [-0.39, 0.29) is 0 Å². The van der Waals surface area contributed by atoms with Crippen LogP contribution in [-0.4, -0.2) is 4.98 Å². The zero-order valence-electron chi connectivity index (χ0n) is 8.45. The summed E-state index contributed by atoms with van der Waals surface area (Å²) in [4.78, 5) is 4.37. The van der Waals surface area contributed by atoms with Gasteiger partial charge in [0.25, 0.3) is 0 Å². The second kappa shape index (κ2) is 3.33. The van der Waals surface area contributed by atoms with E-state index in [4.69, 9.17) is 10.2 Å². The van der Waals surface area contributed by atoms with E-state index >= 15 is 0 Å². The molecule has 3 nitrogen and oxygen atoms in total. The summed E-state index contributed by atoms with van der Waals surface area (Å²) in [5.41, 5.74) is 8.02. The van der Waals surface area contributed by atoms with Crippen LogP contribution in [0.15, 0.2) is 22.6 Å². The molecule has 0 amide bonds. The van der Waals surface area contributed by atoms with Crippen molar-refractivity contribution in [3.05, 3.63) is 24.1 Å². The van der Waals surface area contributed by atoms with Gasteiger partial charge in [-0.3, -0.25) is 0 Å². The number of anilines is 1. The molecule has 1 aromatic heterocycles. The molecule has 1 aromatic carbocycles. The molecule has 0 unspecified atom stereocenters. The molecule has 2 aromatic rings. The second-order valence-corrected chi connectivity index (χ2v) is 3.93. The van der Waals surface area contributed by atoms with Gasteiger partial charge in [-0.25, -0.2) is 4.98 Å². The van der Waals surface area contributed by atoms with Crippen molar-refractivity contribution < 1.29 is 4.42 Å². The molecule has 1 heterocycles. The van der Waals surface area contributed by atoms with Crippen LogP contribution in [0.3, 0.4) is 0 Å². The van der Waals surface area contributed by atoms with Crippen LogP contribution in [0, 0.1) is 5.92 Å². The number of nitrogens with two attached hydrogens (primary N) is 1. The van der Waals surface area contributed by atoms with Crippen LogP contribution in [0.4, 0.5) is 5.69 Å². The van der Waals surface area contributed by atoms with Crippen LogP contribution < -0.4 is 5.73 Å². The lowest BCUT2D eigenvalue weighted by atomic mass is 10.1. The van der Waals surface area contributed by atoms with E-state index in [1.807, 2.05) is 18.2 Å². The summed E-state index contributed by atoms with van der Waals surface area (Å²) in [6, 6.07) is 5.54. The fourth-order valence-corrected chi connectivity index (χ4v) is 1.43. The molecule has 0 radical (unpaired) electrons. The molecule has 0 aliphatic carbocycles. The molecule has 74 valence electrons. The van der Waals surface area contributed by atoms with Gasteiger partial charge in [0.05, 0.1) is 0 Å². The maximum absolute atomic E-state index is 5.65. The standard InChI is InChI=1S/C11H14N2O/c1-7(2)5-11-13-9-4-3-8(12)6-10(9)14-11/h3-4,6-7H,5,12H2,1-2H3. The summed E-state index contributed by atoms with van der Waals surface area (Å²) < 4.78 is 5.57. The molecule has 0 spiro atoms. The average Bonchev–Trinajstić information content (AvgIpc) is 2.44. The molecule has 0 saturated heterocycles. The molecule has 3 heteroatoms. The van der Waals surface area contributed by atoms with Crippen molar-refractivity contribution >= 4 is 16.8 Å². The van der Waals surface area contributed by atoms with E-state index in [1.54, 1.807) is 0 Å². The Hall–Kier alpha value is -1.51. The Morgan fingerprint density at radius 1 is 1.43 bits per heavy atom. The van der Waals surface area contributed by atoms with Gasteiger partial charge in [-0.2, -0.15) is 0 Å². The molecule has 0 bridgehead atoms. The molecular weight excluding hydrogens is 176 g/mol. The van der Waals surface area contributed by atoms with E-state index in [0.29, 0.717) is 11.6 Å². The van der Waals surface area contributed by atoms with Gasteiger partial charge in [0, 0.05) is 18.2 Å². The number of aromatic nitrogens is 1. The first-order valence-corrected chi connectivity index (χ1v) is 4.80. The lowest BCUT2D eigenvalue weighted by molar-refractivity contribution is 0.482. The smallest absolute Gasteiger partial charge is 0.195 e. The number of nitrogens with zero attached hydrogens (tertiary/aromatic N) is 1. The van der Waals surface area contributed by atoms with E-state index in [0.717, 1.165) is 23.4 Å². The third-order valence-corrected chi connectivity index (χ3v) is 2.04. The largest absolute Gasteiger partial charge is 0.441 e. The zero-order chi connectivity index (χ0) is 10.1. The molecule has 0 aliphatic rings. The van der Waals surface area contributed by atoms with Gasteiger partial charge in [-0.1, -0.05) is 13.8 Å². The Kier molecular flexibility index (Phi) is 2.15. The SMILES string of the molecule is CC(C)Cc1nc2ccc(N)cc2o1. The normalized spacial score (nSPS) is 11.4. The lowest BCUT2D eigenvalue weighted by Gasteiger charge is -1.96. The Morgan fingerprint density at radius 3 is 2.93 bits per heavy atom. The van der Waals surface area contributed by atoms with Gasteiger partial charge < -0.3 is 10.2 Å². The number of nitrogen functional groups attached to an aromatic ring is 1. The molecule has 0 atom stereocenters. The van der Waals surface area contributed by atoms with Crippen molar-refractivity contribution in [2.75, 3.05) is 5.73 Å². The van der Waals surface area contributed by atoms with Crippen molar-refractivity contribution in [1.29, 1.82) is 0 Å². The van der Waals surface area contributed by atoms with Gasteiger partial charge in [0.15, 0.2) is 11.5 Å². The quantitative estimate of drug-likeness (QED) is 0.740. The zero-order valence-corrected chi connectivity index (χ0v) is 8.45. The fraction of sp³-hybridized carbons (Fsp3) is 0.364. The Balaban J connectivity index is 2.41. The first-order chi connectivity index (χ1) is 6.65. The van der Waals surface area contributed by atoms with Gasteiger partial charge in [-0.15, -0.1) is 0 Å². The highest BCUT2D eigenvalue weighted by Crippen LogP contribution is 2.19. The highest BCUT2D eigenvalue weighted by atomic mass is 16.3. The summed E-state index contributed by atoms with van der Waals surface area (Å²) in [7, 11) is 0. The molecule has 0 fully saturated rings. The Bertz CT molecular complexity index is 445. The van der Waals surface area contributed by atoms with E-state index in [1.165, 1.54) is 0 Å². The van der Waals surface area contributed by atoms with Crippen LogP contribution >= 0.6 is 0 Å². The summed E-state index contributed by atoms with van der Waals surface area (Å²) in [5.74, 6) is 1.35. The number of rotatable bonds is 2. The number of hydrogen-bond acceptors (Lipinski definition) is 3. The van der Waals surface area contributed by atoms with Crippen LogP contribution in [0.2, 0.25) is 0 Å². The molecule has 0 aliphatic heterocycles. The third-order valence-electron chi connectivity index (χ3n) is 2.04. The first kappa shape index (κ1) is 9.06. The minimum Gasteiger partial charge on any atom is -0.441 e. The molecule has 2 rings (SSSR count). The van der Waals surface area contributed by atoms with Crippen LogP contribution in [-0.2, 0) is 6.42 Å². The van der Waals surface area contributed by atoms with Crippen LogP contribution in [0.25, 0.3) is 11.1 Å². The average molecular weight is 190 g/mol. The minimum absolute atomic E-state index is 0.556. The van der Waals surface area contributed by atoms with E-state index < -0.39 is 0 Å². The van der Waals surface area contributed by atoms with Crippen LogP contribution in [0.1, 0.15) is 19.7 Å². The van der Waals surface area contributed by atoms with Crippen molar-refractivity contribution in [3.8, 4) is 0 Å². The van der Waals surface area contributed by atoms with E-state index in [9.17, 15) is 0 Å². The number of fused-ring (bicyclic) bond motifs is 1. The topological polar surface area (TPSA) is 52.0 Å². The summed E-state index contributed by atoms with van der Waals surface area (Å²) >= 11 is 0. The maximum atomic E-state index is 5.65. The molecular formula is C11H14N2O. The summed E-state index contributed by atoms with van der Waals surface area (Å²) in [6.45, 7) is 4.28. The Morgan fingerprint density at radius 2 is 2.21 bits per heavy atom. The first-order valence-electron chi connectivity index (χ1n) is 4.80. The number of benzene rings is 1. The Labute approximate surface area is 82.9 Å². The van der Waals surface area contributed by atoms with Gasteiger partial charge >= 0.3 is 0 Å². The fourth-order valence-electron chi connectivity index (χ4n) is 1.43. The number of oxazole rings is 1. The molecule has 0 saturated carbocycles. The van der Waals surface area contributed by atoms with Gasteiger partial charge in [-0.05, 0) is 18.1 Å². The minimum atomic E-state index is 0.556. The highest BCUT2D eigenvalue weighted by Gasteiger charge is 2.07. The second-order valence-electron chi connectivity index (χ2n) is 3.93. The van der Waals surface area contributed by atoms with Gasteiger partial charge in [0.1, 0.15) is 5.52 Å². The number of hydrogen-bond donors (Lipinski definition) is 1. The van der Waals surface area contributed by atoms with Crippen LogP contribution in [0.5, 0.6) is 0 Å². The van der Waals surface area contributed by atoms with Crippen molar-refractivity contribution in [1.82, 2.24) is 4.98 Å². The van der Waals surface area contributed by atoms with Crippen molar-refractivity contribution in [3.63, 3.8) is 0 Å². The predicted molar refractivity (Wildman–Crippen MR) is 57.0 cm³/mol. The highest BCUT2D eigenvalue weighted by molar-refractivity contribution is 5.76. The summed E-state index contributed by atoms with van der Waals surface area (Å²) in [6.07, 6.45) is 0.870. The summed E-state index contributed by atoms with van der Waals surface area (Å²) in [5, 5.41) is 0.